The molecule has 0 fully saturated rings. The molecule has 0 aliphatic heterocycles. The highest BCUT2D eigenvalue weighted by Crippen LogP contribution is 2.31. The molecule has 30 heavy (non-hydrogen) atoms. The topological polar surface area (TPSA) is 102 Å². The number of nitrogens with one attached hydrogen (secondary N) is 2. The number of sulfonamides is 2. The summed E-state index contributed by atoms with van der Waals surface area (Å²) in [6, 6.07) is 14.1. The molecule has 0 atom stereocenters. The minimum Gasteiger partial charge on any atom is -0.495 e. The Morgan fingerprint density at radius 1 is 0.800 bits per heavy atom. The van der Waals surface area contributed by atoms with Crippen molar-refractivity contribution in [3.63, 3.8) is 0 Å². The van der Waals surface area contributed by atoms with Gasteiger partial charge in [0.25, 0.3) is 20.0 Å². The summed E-state index contributed by atoms with van der Waals surface area (Å²) in [7, 11) is -6.90. The molecule has 0 aliphatic rings. The van der Waals surface area contributed by atoms with Crippen LogP contribution in [0.2, 0.25) is 5.02 Å². The smallest absolute Gasteiger partial charge is 0.262 e. The third-order valence-corrected chi connectivity index (χ3v) is 7.04. The zero-order valence-corrected chi connectivity index (χ0v) is 17.9. The first-order valence-corrected chi connectivity index (χ1v) is 11.7. The van der Waals surface area contributed by atoms with E-state index in [1.54, 1.807) is 12.1 Å². The maximum atomic E-state index is 13.1. The van der Waals surface area contributed by atoms with E-state index in [1.807, 2.05) is 0 Å². The first kappa shape index (κ1) is 21.9. The van der Waals surface area contributed by atoms with E-state index in [4.69, 9.17) is 16.3 Å². The van der Waals surface area contributed by atoms with Gasteiger partial charge >= 0.3 is 0 Å². The van der Waals surface area contributed by atoms with Crippen LogP contribution in [0.3, 0.4) is 0 Å². The van der Waals surface area contributed by atoms with Gasteiger partial charge in [-0.15, -0.1) is 0 Å². The predicted molar refractivity (Wildman–Crippen MR) is 112 cm³/mol. The quantitative estimate of drug-likeness (QED) is 0.541. The number of rotatable bonds is 7. The maximum absolute atomic E-state index is 13.1. The summed E-state index contributed by atoms with van der Waals surface area (Å²) in [4.78, 5) is -0.423. The van der Waals surface area contributed by atoms with Crippen LogP contribution >= 0.6 is 11.6 Å². The van der Waals surface area contributed by atoms with Crippen molar-refractivity contribution in [1.29, 1.82) is 0 Å². The number of halogens is 2. The van der Waals surface area contributed by atoms with Gasteiger partial charge in [0, 0.05) is 0 Å². The summed E-state index contributed by atoms with van der Waals surface area (Å²) < 4.78 is 73.5. The van der Waals surface area contributed by atoms with Gasteiger partial charge in [-0.05, 0) is 54.6 Å². The standard InChI is InChI=1S/C19H16ClFN2O5S2/c1-28-19-11-10-15(30(26,27)22-17-5-3-2-4-16(17)20)12-18(19)23-29(24,25)14-8-6-13(21)7-9-14/h2-12,22-23H,1H3. The van der Waals surface area contributed by atoms with Gasteiger partial charge in [-0.25, -0.2) is 21.2 Å². The zero-order chi connectivity index (χ0) is 21.9. The Morgan fingerprint density at radius 2 is 1.37 bits per heavy atom. The Labute approximate surface area is 178 Å². The van der Waals surface area contributed by atoms with Crippen LogP contribution in [-0.4, -0.2) is 23.9 Å². The molecule has 0 amide bonds. The molecule has 0 saturated carbocycles. The number of methoxy groups -OCH3 is 1. The van der Waals surface area contributed by atoms with Crippen LogP contribution in [0.15, 0.2) is 76.5 Å². The third-order valence-electron chi connectivity index (χ3n) is 3.97. The lowest BCUT2D eigenvalue weighted by atomic mass is 10.3. The van der Waals surface area contributed by atoms with Crippen LogP contribution in [-0.2, 0) is 20.0 Å². The molecule has 0 saturated heterocycles. The van der Waals surface area contributed by atoms with E-state index in [2.05, 4.69) is 9.44 Å². The van der Waals surface area contributed by atoms with Crippen molar-refractivity contribution in [3.8, 4) is 5.75 Å². The van der Waals surface area contributed by atoms with Crippen LogP contribution in [0.4, 0.5) is 15.8 Å². The molecule has 7 nitrogen and oxygen atoms in total. The molecule has 3 rings (SSSR count). The number of ether oxygens (including phenoxy) is 1. The number of hydrogen-bond donors (Lipinski definition) is 2. The lowest BCUT2D eigenvalue weighted by molar-refractivity contribution is 0.416. The minimum absolute atomic E-state index is 0.0948. The number of hydrogen-bond acceptors (Lipinski definition) is 5. The summed E-state index contributed by atoms with van der Waals surface area (Å²) in [5.74, 6) is -0.498. The molecule has 0 radical (unpaired) electrons. The lowest BCUT2D eigenvalue weighted by Crippen LogP contribution is -2.16. The summed E-state index contributed by atoms with van der Waals surface area (Å²) in [5, 5.41) is 0.201. The largest absolute Gasteiger partial charge is 0.495 e. The average molecular weight is 471 g/mol. The Morgan fingerprint density at radius 3 is 2.00 bits per heavy atom. The lowest BCUT2D eigenvalue weighted by Gasteiger charge is -2.15. The third kappa shape index (κ3) is 4.84. The van der Waals surface area contributed by atoms with Gasteiger partial charge in [0.2, 0.25) is 0 Å². The van der Waals surface area contributed by atoms with Gasteiger partial charge in [0.15, 0.2) is 0 Å². The normalized spacial score (nSPS) is 11.7. The van der Waals surface area contributed by atoms with E-state index >= 15 is 0 Å². The molecule has 158 valence electrons. The van der Waals surface area contributed by atoms with Crippen LogP contribution in [0.25, 0.3) is 0 Å². The fourth-order valence-corrected chi connectivity index (χ4v) is 4.90. The van der Waals surface area contributed by atoms with Crippen molar-refractivity contribution in [2.75, 3.05) is 16.6 Å². The molecule has 0 aromatic heterocycles. The summed E-state index contributed by atoms with van der Waals surface area (Å²) >= 11 is 6.00. The van der Waals surface area contributed by atoms with E-state index in [1.165, 1.54) is 31.4 Å². The Kier molecular flexibility index (Phi) is 6.20. The van der Waals surface area contributed by atoms with E-state index in [0.717, 1.165) is 30.3 Å². The van der Waals surface area contributed by atoms with Crippen molar-refractivity contribution >= 4 is 43.0 Å². The summed E-state index contributed by atoms with van der Waals surface area (Å²) in [6.07, 6.45) is 0. The molecule has 0 heterocycles. The number of para-hydroxylation sites is 1. The first-order valence-electron chi connectivity index (χ1n) is 8.36. The Balaban J connectivity index is 1.97. The number of benzene rings is 3. The summed E-state index contributed by atoms with van der Waals surface area (Å²) in [6.45, 7) is 0. The molecule has 0 unspecified atom stereocenters. The Bertz CT molecular complexity index is 1280. The van der Waals surface area contributed by atoms with Crippen LogP contribution in [0.1, 0.15) is 0 Å². The van der Waals surface area contributed by atoms with Crippen molar-refractivity contribution < 1.29 is 26.0 Å². The Hall–Kier alpha value is -2.82. The van der Waals surface area contributed by atoms with Gasteiger partial charge in [-0.3, -0.25) is 9.44 Å². The van der Waals surface area contributed by atoms with E-state index in [0.29, 0.717) is 0 Å². The van der Waals surface area contributed by atoms with Crippen LogP contribution in [0, 0.1) is 5.82 Å². The second kappa shape index (κ2) is 8.50. The fraction of sp³-hybridized carbons (Fsp3) is 0.0526. The van der Waals surface area contributed by atoms with Gasteiger partial charge in [0.1, 0.15) is 11.6 Å². The molecule has 0 bridgehead atoms. The van der Waals surface area contributed by atoms with Gasteiger partial charge in [-0.1, -0.05) is 23.7 Å². The van der Waals surface area contributed by atoms with Crippen LogP contribution in [0.5, 0.6) is 5.75 Å². The van der Waals surface area contributed by atoms with E-state index < -0.39 is 25.9 Å². The minimum atomic E-state index is -4.12. The molecule has 11 heteroatoms. The molecule has 0 aliphatic carbocycles. The molecule has 0 spiro atoms. The summed E-state index contributed by atoms with van der Waals surface area (Å²) in [5.41, 5.74) is 0.0623. The first-order chi connectivity index (χ1) is 14.1. The highest BCUT2D eigenvalue weighted by atomic mass is 35.5. The highest BCUT2D eigenvalue weighted by Gasteiger charge is 2.21. The van der Waals surface area contributed by atoms with Crippen LogP contribution < -0.4 is 14.2 Å². The van der Waals surface area contributed by atoms with Gasteiger partial charge in [-0.2, -0.15) is 0 Å². The molecule has 3 aromatic rings. The molecular formula is C19H16ClFN2O5S2. The second-order valence-electron chi connectivity index (χ2n) is 6.01. The monoisotopic (exact) mass is 470 g/mol. The average Bonchev–Trinajstić information content (AvgIpc) is 2.69. The van der Waals surface area contributed by atoms with E-state index in [9.17, 15) is 21.2 Å². The van der Waals surface area contributed by atoms with E-state index in [-0.39, 0.29) is 31.9 Å². The predicted octanol–water partition coefficient (Wildman–Crippen LogP) is 4.09. The van der Waals surface area contributed by atoms with Crippen molar-refractivity contribution in [1.82, 2.24) is 0 Å². The van der Waals surface area contributed by atoms with Crippen molar-refractivity contribution in [3.05, 3.63) is 77.6 Å². The SMILES string of the molecule is COc1ccc(S(=O)(=O)Nc2ccccc2Cl)cc1NS(=O)(=O)c1ccc(F)cc1. The molecular weight excluding hydrogens is 455 g/mol. The van der Waals surface area contributed by atoms with Crippen molar-refractivity contribution in [2.45, 2.75) is 9.79 Å². The van der Waals surface area contributed by atoms with Gasteiger partial charge in [0.05, 0.1) is 33.3 Å². The fourth-order valence-electron chi connectivity index (χ4n) is 2.50. The van der Waals surface area contributed by atoms with Gasteiger partial charge < -0.3 is 4.74 Å². The molecule has 3 aromatic carbocycles. The highest BCUT2D eigenvalue weighted by molar-refractivity contribution is 7.93. The molecule has 2 N–H and O–H groups in total. The maximum Gasteiger partial charge on any atom is 0.262 e. The van der Waals surface area contributed by atoms with Crippen molar-refractivity contribution in [2.24, 2.45) is 0 Å². The zero-order valence-electron chi connectivity index (χ0n) is 15.5. The number of anilines is 2. The second-order valence-corrected chi connectivity index (χ2v) is 9.78.